The largest absolute Gasteiger partial charge is 0.466 e. The SMILES string of the molecule is CCCCCCCCOC(=O)CCCCC(=O)SCCCCCCCC. The minimum absolute atomic E-state index is 0.106. The number of carbonyl (C=O) groups excluding carboxylic acids is 2. The number of rotatable bonds is 19. The van der Waals surface area contributed by atoms with E-state index < -0.39 is 0 Å². The molecule has 0 aliphatic heterocycles. The van der Waals surface area contributed by atoms with Gasteiger partial charge in [-0.25, -0.2) is 0 Å². The zero-order valence-corrected chi connectivity index (χ0v) is 18.2. The lowest BCUT2D eigenvalue weighted by molar-refractivity contribution is -0.144. The van der Waals surface area contributed by atoms with Crippen molar-refractivity contribution in [1.82, 2.24) is 0 Å². The molecule has 0 amide bonds. The van der Waals surface area contributed by atoms with Crippen LogP contribution in [-0.2, 0) is 14.3 Å². The molecule has 0 aliphatic rings. The molecule has 4 heteroatoms. The molecule has 0 aromatic rings. The van der Waals surface area contributed by atoms with Crippen molar-refractivity contribution in [2.45, 2.75) is 117 Å². The molecule has 0 bridgehead atoms. The molecule has 0 aliphatic carbocycles. The van der Waals surface area contributed by atoms with Crippen molar-refractivity contribution >= 4 is 22.8 Å². The predicted molar refractivity (Wildman–Crippen MR) is 114 cm³/mol. The fourth-order valence-electron chi connectivity index (χ4n) is 2.82. The van der Waals surface area contributed by atoms with Crippen LogP contribution in [0.3, 0.4) is 0 Å². The van der Waals surface area contributed by atoms with E-state index >= 15 is 0 Å². The highest BCUT2D eigenvalue weighted by Crippen LogP contribution is 2.14. The maximum Gasteiger partial charge on any atom is 0.305 e. The maximum absolute atomic E-state index is 11.8. The molecule has 0 N–H and O–H groups in total. The highest BCUT2D eigenvalue weighted by molar-refractivity contribution is 8.13. The first-order valence-electron chi connectivity index (χ1n) is 11.0. The Kier molecular flexibility index (Phi) is 20.4. The second-order valence-corrected chi connectivity index (χ2v) is 8.34. The Balaban J connectivity index is 3.31. The van der Waals surface area contributed by atoms with Gasteiger partial charge in [-0.05, 0) is 25.7 Å². The first-order valence-corrected chi connectivity index (χ1v) is 12.0. The minimum Gasteiger partial charge on any atom is -0.466 e. The Morgan fingerprint density at radius 2 is 1.19 bits per heavy atom. The van der Waals surface area contributed by atoms with E-state index in [0.29, 0.717) is 19.4 Å². The molecule has 0 heterocycles. The number of thioether (sulfide) groups is 1. The third-order valence-corrected chi connectivity index (χ3v) is 5.55. The summed E-state index contributed by atoms with van der Waals surface area (Å²) in [7, 11) is 0. The lowest BCUT2D eigenvalue weighted by Gasteiger charge is -2.05. The van der Waals surface area contributed by atoms with Crippen LogP contribution in [0, 0.1) is 0 Å². The van der Waals surface area contributed by atoms with Gasteiger partial charge >= 0.3 is 5.97 Å². The van der Waals surface area contributed by atoms with E-state index in [2.05, 4.69) is 13.8 Å². The zero-order valence-electron chi connectivity index (χ0n) is 17.4. The van der Waals surface area contributed by atoms with E-state index in [1.165, 1.54) is 69.5 Å². The molecule has 0 saturated heterocycles. The van der Waals surface area contributed by atoms with Crippen molar-refractivity contribution in [3.05, 3.63) is 0 Å². The summed E-state index contributed by atoms with van der Waals surface area (Å²) in [5.74, 6) is 0.844. The smallest absolute Gasteiger partial charge is 0.305 e. The Hall–Kier alpha value is -0.510. The van der Waals surface area contributed by atoms with Crippen molar-refractivity contribution in [2.24, 2.45) is 0 Å². The van der Waals surface area contributed by atoms with Crippen molar-refractivity contribution in [3.63, 3.8) is 0 Å². The first kappa shape index (κ1) is 25.5. The van der Waals surface area contributed by atoms with Gasteiger partial charge in [0.05, 0.1) is 6.61 Å². The predicted octanol–water partition coefficient (Wildman–Crippen LogP) is 7.07. The molecule has 0 saturated carbocycles. The van der Waals surface area contributed by atoms with Crippen molar-refractivity contribution < 1.29 is 14.3 Å². The fourth-order valence-corrected chi connectivity index (χ4v) is 3.68. The molecule has 26 heavy (non-hydrogen) atoms. The van der Waals surface area contributed by atoms with E-state index in [1.807, 2.05) is 0 Å². The van der Waals surface area contributed by atoms with Crippen LogP contribution in [-0.4, -0.2) is 23.4 Å². The van der Waals surface area contributed by atoms with Crippen LogP contribution >= 0.6 is 11.8 Å². The molecule has 0 aromatic carbocycles. The summed E-state index contributed by atoms with van der Waals surface area (Å²) < 4.78 is 5.25. The summed E-state index contributed by atoms with van der Waals surface area (Å²) >= 11 is 1.47. The Morgan fingerprint density at radius 3 is 1.85 bits per heavy atom. The van der Waals surface area contributed by atoms with Crippen LogP contribution in [0.25, 0.3) is 0 Å². The molecule has 0 fully saturated rings. The summed E-state index contributed by atoms with van der Waals surface area (Å²) in [6.45, 7) is 4.99. The lowest BCUT2D eigenvalue weighted by atomic mass is 10.1. The van der Waals surface area contributed by atoms with E-state index in [4.69, 9.17) is 4.74 Å². The minimum atomic E-state index is -0.106. The summed E-state index contributed by atoms with van der Waals surface area (Å²) in [4.78, 5) is 23.4. The normalized spacial score (nSPS) is 10.8. The molecular formula is C22H42O3S. The molecule has 3 nitrogen and oxygen atoms in total. The molecule has 0 spiro atoms. The molecule has 0 unspecified atom stereocenters. The van der Waals surface area contributed by atoms with Crippen LogP contribution < -0.4 is 0 Å². The van der Waals surface area contributed by atoms with Gasteiger partial charge in [0, 0.05) is 18.6 Å². The van der Waals surface area contributed by atoms with Crippen molar-refractivity contribution in [1.29, 1.82) is 0 Å². The van der Waals surface area contributed by atoms with Gasteiger partial charge in [-0.15, -0.1) is 0 Å². The van der Waals surface area contributed by atoms with Gasteiger partial charge in [-0.3, -0.25) is 9.59 Å². The van der Waals surface area contributed by atoms with Gasteiger partial charge in [-0.2, -0.15) is 0 Å². The monoisotopic (exact) mass is 386 g/mol. The van der Waals surface area contributed by atoms with E-state index in [-0.39, 0.29) is 11.1 Å². The molecular weight excluding hydrogens is 344 g/mol. The number of esters is 1. The summed E-state index contributed by atoms with van der Waals surface area (Å²) in [6, 6.07) is 0. The summed E-state index contributed by atoms with van der Waals surface area (Å²) in [5.41, 5.74) is 0. The van der Waals surface area contributed by atoms with Crippen molar-refractivity contribution in [2.75, 3.05) is 12.4 Å². The number of unbranched alkanes of at least 4 members (excludes halogenated alkanes) is 11. The van der Waals surface area contributed by atoms with Crippen molar-refractivity contribution in [3.8, 4) is 0 Å². The van der Waals surface area contributed by atoms with Gasteiger partial charge in [0.1, 0.15) is 0 Å². The van der Waals surface area contributed by atoms with Gasteiger partial charge in [0.2, 0.25) is 0 Å². The van der Waals surface area contributed by atoms with Crippen LogP contribution in [0.5, 0.6) is 0 Å². The molecule has 0 atom stereocenters. The van der Waals surface area contributed by atoms with E-state index in [9.17, 15) is 9.59 Å². The molecule has 0 rings (SSSR count). The van der Waals surface area contributed by atoms with Gasteiger partial charge in [-0.1, -0.05) is 89.8 Å². The molecule has 0 radical (unpaired) electrons. The number of hydrogen-bond acceptors (Lipinski definition) is 4. The lowest BCUT2D eigenvalue weighted by Crippen LogP contribution is -2.06. The van der Waals surface area contributed by atoms with Crippen LogP contribution in [0.2, 0.25) is 0 Å². The average molecular weight is 387 g/mol. The highest BCUT2D eigenvalue weighted by atomic mass is 32.2. The maximum atomic E-state index is 11.8. The van der Waals surface area contributed by atoms with Gasteiger partial charge in [0.25, 0.3) is 0 Å². The fraction of sp³-hybridized carbons (Fsp3) is 0.909. The van der Waals surface area contributed by atoms with E-state index in [1.54, 1.807) is 0 Å². The number of hydrogen-bond donors (Lipinski definition) is 0. The quantitative estimate of drug-likeness (QED) is 0.176. The second kappa shape index (κ2) is 20.8. The number of ether oxygens (including phenoxy) is 1. The Morgan fingerprint density at radius 1 is 0.654 bits per heavy atom. The molecule has 0 aromatic heterocycles. The molecule has 154 valence electrons. The third-order valence-electron chi connectivity index (χ3n) is 4.53. The third kappa shape index (κ3) is 19.8. The van der Waals surface area contributed by atoms with Crippen LogP contribution in [0.1, 0.15) is 117 Å². The van der Waals surface area contributed by atoms with Crippen LogP contribution in [0.4, 0.5) is 0 Å². The Bertz CT molecular complexity index is 299. The van der Waals surface area contributed by atoms with Crippen LogP contribution in [0.15, 0.2) is 0 Å². The highest BCUT2D eigenvalue weighted by Gasteiger charge is 2.06. The topological polar surface area (TPSA) is 43.4 Å². The van der Waals surface area contributed by atoms with E-state index in [0.717, 1.165) is 37.9 Å². The number of carbonyl (C=O) groups is 2. The first-order chi connectivity index (χ1) is 12.7. The van der Waals surface area contributed by atoms with Gasteiger partial charge in [0.15, 0.2) is 5.12 Å². The summed E-state index contributed by atoms with van der Waals surface area (Å²) in [6.07, 6.45) is 17.4. The second-order valence-electron chi connectivity index (χ2n) is 7.18. The zero-order chi connectivity index (χ0) is 19.3. The standard InChI is InChI=1S/C22H42O3S/c1-3-5-7-9-11-15-19-25-21(23)17-13-14-18-22(24)26-20-16-12-10-8-6-4-2/h3-20H2,1-2H3. The summed E-state index contributed by atoms with van der Waals surface area (Å²) in [5, 5.41) is 0.277. The Labute approximate surface area is 166 Å². The average Bonchev–Trinajstić information content (AvgIpc) is 2.64. The van der Waals surface area contributed by atoms with Gasteiger partial charge < -0.3 is 4.74 Å².